The lowest BCUT2D eigenvalue weighted by Gasteiger charge is -2.32. The minimum absolute atomic E-state index is 0.0172. The monoisotopic (exact) mass is 260 g/mol. The first kappa shape index (κ1) is 13.7. The van der Waals surface area contributed by atoms with Gasteiger partial charge in [0.1, 0.15) is 5.78 Å². The van der Waals surface area contributed by atoms with Crippen LogP contribution >= 0.6 is 0 Å². The summed E-state index contributed by atoms with van der Waals surface area (Å²) in [5, 5.41) is 0. The molecule has 1 saturated heterocycles. The Balaban J connectivity index is 1.94. The number of Topliss-reactive ketones (excluding diaryl/α,β-unsaturated/α-hetero) is 1. The number of aromatic nitrogens is 1. The van der Waals surface area contributed by atoms with E-state index in [4.69, 9.17) is 0 Å². The third-order valence-electron chi connectivity index (χ3n) is 3.66. The second kappa shape index (κ2) is 5.95. The summed E-state index contributed by atoms with van der Waals surface area (Å²) in [6.45, 7) is 5.21. The predicted octanol–water partition coefficient (Wildman–Crippen LogP) is 2.16. The van der Waals surface area contributed by atoms with E-state index in [0.29, 0.717) is 24.4 Å². The Kier molecular flexibility index (Phi) is 4.30. The number of likely N-dealkylation sites (tertiary alicyclic amines) is 1. The Bertz CT molecular complexity index is 448. The lowest BCUT2D eigenvalue weighted by Crippen LogP contribution is -2.41. The van der Waals surface area contributed by atoms with Crippen LogP contribution in [0.3, 0.4) is 0 Å². The van der Waals surface area contributed by atoms with Gasteiger partial charge in [0.25, 0.3) is 5.91 Å². The van der Waals surface area contributed by atoms with Crippen LogP contribution in [0.25, 0.3) is 0 Å². The smallest absolute Gasteiger partial charge is 0.255 e. The van der Waals surface area contributed by atoms with Crippen molar-refractivity contribution in [3.05, 3.63) is 30.1 Å². The predicted molar refractivity (Wildman–Crippen MR) is 72.7 cm³/mol. The molecule has 2 heterocycles. The number of amides is 1. The third-order valence-corrected chi connectivity index (χ3v) is 3.66. The second-order valence-electron chi connectivity index (χ2n) is 5.37. The van der Waals surface area contributed by atoms with E-state index in [1.165, 1.54) is 0 Å². The number of hydrogen-bond acceptors (Lipinski definition) is 3. The molecule has 1 fully saturated rings. The molecule has 0 unspecified atom stereocenters. The van der Waals surface area contributed by atoms with Crippen molar-refractivity contribution in [3.8, 4) is 0 Å². The van der Waals surface area contributed by atoms with Gasteiger partial charge in [0.15, 0.2) is 0 Å². The van der Waals surface area contributed by atoms with E-state index in [1.807, 2.05) is 18.7 Å². The van der Waals surface area contributed by atoms with E-state index in [-0.39, 0.29) is 17.7 Å². The van der Waals surface area contributed by atoms with Crippen molar-refractivity contribution < 1.29 is 9.59 Å². The van der Waals surface area contributed by atoms with Gasteiger partial charge in [0.05, 0.1) is 5.56 Å². The Morgan fingerprint density at radius 3 is 2.53 bits per heavy atom. The number of pyridine rings is 1. The molecule has 4 heteroatoms. The molecule has 2 rings (SSSR count). The Morgan fingerprint density at radius 2 is 2.00 bits per heavy atom. The van der Waals surface area contributed by atoms with Gasteiger partial charge in [-0.3, -0.25) is 14.6 Å². The minimum atomic E-state index is 0.0172. The Morgan fingerprint density at radius 1 is 1.32 bits per heavy atom. The molecule has 1 amide bonds. The van der Waals surface area contributed by atoms with Crippen molar-refractivity contribution in [3.63, 3.8) is 0 Å². The highest BCUT2D eigenvalue weighted by molar-refractivity contribution is 5.94. The minimum Gasteiger partial charge on any atom is -0.339 e. The molecule has 0 radical (unpaired) electrons. The maximum atomic E-state index is 12.2. The van der Waals surface area contributed by atoms with Crippen molar-refractivity contribution in [1.82, 2.24) is 9.88 Å². The van der Waals surface area contributed by atoms with Crippen molar-refractivity contribution in [2.75, 3.05) is 13.1 Å². The lowest BCUT2D eigenvalue weighted by atomic mass is 9.87. The van der Waals surface area contributed by atoms with Crippen molar-refractivity contribution in [2.24, 2.45) is 11.8 Å². The molecule has 0 saturated carbocycles. The van der Waals surface area contributed by atoms with Gasteiger partial charge in [-0.05, 0) is 25.0 Å². The fraction of sp³-hybridized carbons (Fsp3) is 0.533. The Hall–Kier alpha value is -1.71. The highest BCUT2D eigenvalue weighted by Crippen LogP contribution is 2.22. The summed E-state index contributed by atoms with van der Waals surface area (Å²) in [5.41, 5.74) is 0.621. The number of piperidine rings is 1. The van der Waals surface area contributed by atoms with Crippen LogP contribution in [0.1, 0.15) is 37.0 Å². The largest absolute Gasteiger partial charge is 0.339 e. The molecule has 0 aromatic carbocycles. The first-order chi connectivity index (χ1) is 9.09. The summed E-state index contributed by atoms with van der Waals surface area (Å²) < 4.78 is 0. The molecular weight excluding hydrogens is 240 g/mol. The molecule has 0 N–H and O–H groups in total. The van der Waals surface area contributed by atoms with Gasteiger partial charge >= 0.3 is 0 Å². The average Bonchev–Trinajstić information content (AvgIpc) is 2.46. The van der Waals surface area contributed by atoms with E-state index in [1.54, 1.807) is 24.5 Å². The fourth-order valence-electron chi connectivity index (χ4n) is 2.51. The molecular formula is C15H20N2O2. The van der Waals surface area contributed by atoms with Crippen molar-refractivity contribution in [2.45, 2.75) is 26.7 Å². The maximum absolute atomic E-state index is 12.2. The maximum Gasteiger partial charge on any atom is 0.255 e. The first-order valence-corrected chi connectivity index (χ1v) is 6.82. The summed E-state index contributed by atoms with van der Waals surface area (Å²) in [4.78, 5) is 29.9. The lowest BCUT2D eigenvalue weighted by molar-refractivity contribution is -0.127. The number of hydrogen-bond donors (Lipinski definition) is 0. The van der Waals surface area contributed by atoms with E-state index in [2.05, 4.69) is 4.98 Å². The number of nitrogens with zero attached hydrogens (tertiary/aromatic N) is 2. The van der Waals surface area contributed by atoms with Gasteiger partial charge in [-0.1, -0.05) is 13.8 Å². The summed E-state index contributed by atoms with van der Waals surface area (Å²) >= 11 is 0. The van der Waals surface area contributed by atoms with Crippen LogP contribution < -0.4 is 0 Å². The molecule has 4 nitrogen and oxygen atoms in total. The normalized spacial score (nSPS) is 16.7. The number of carbonyl (C=O) groups excluding carboxylic acids is 2. The molecule has 0 aliphatic carbocycles. The van der Waals surface area contributed by atoms with Crippen LogP contribution in [0.2, 0.25) is 0 Å². The van der Waals surface area contributed by atoms with Crippen LogP contribution in [0.15, 0.2) is 24.5 Å². The van der Waals surface area contributed by atoms with Gasteiger partial charge in [-0.2, -0.15) is 0 Å². The summed E-state index contributed by atoms with van der Waals surface area (Å²) in [7, 11) is 0. The SMILES string of the molecule is CC(C)C(=O)C1CCN(C(=O)c2cccnc2)CC1. The van der Waals surface area contributed by atoms with E-state index >= 15 is 0 Å². The van der Waals surface area contributed by atoms with Crippen molar-refractivity contribution in [1.29, 1.82) is 0 Å². The topological polar surface area (TPSA) is 50.3 Å². The zero-order valence-electron chi connectivity index (χ0n) is 11.5. The van der Waals surface area contributed by atoms with Gasteiger partial charge in [0.2, 0.25) is 0 Å². The number of rotatable bonds is 3. The van der Waals surface area contributed by atoms with Crippen LogP contribution in [-0.4, -0.2) is 34.7 Å². The van der Waals surface area contributed by atoms with Gasteiger partial charge in [-0.25, -0.2) is 0 Å². The molecule has 0 spiro atoms. The van der Waals surface area contributed by atoms with Gasteiger partial charge in [-0.15, -0.1) is 0 Å². The molecule has 0 atom stereocenters. The third kappa shape index (κ3) is 3.19. The van der Waals surface area contributed by atoms with E-state index < -0.39 is 0 Å². The first-order valence-electron chi connectivity index (χ1n) is 6.82. The molecule has 1 aliphatic rings. The summed E-state index contributed by atoms with van der Waals surface area (Å²) in [5.74, 6) is 0.556. The molecule has 1 aromatic heterocycles. The van der Waals surface area contributed by atoms with Gasteiger partial charge in [0, 0.05) is 37.3 Å². The summed E-state index contributed by atoms with van der Waals surface area (Å²) in [6.07, 6.45) is 4.81. The van der Waals surface area contributed by atoms with Crippen LogP contribution in [0.5, 0.6) is 0 Å². The molecule has 19 heavy (non-hydrogen) atoms. The van der Waals surface area contributed by atoms with E-state index in [0.717, 1.165) is 12.8 Å². The van der Waals surface area contributed by atoms with Gasteiger partial charge < -0.3 is 4.90 Å². The molecule has 1 aliphatic heterocycles. The standard InChI is InChI=1S/C15H20N2O2/c1-11(2)14(18)12-5-8-17(9-6-12)15(19)13-4-3-7-16-10-13/h3-4,7,10-12H,5-6,8-9H2,1-2H3. The zero-order chi connectivity index (χ0) is 13.8. The zero-order valence-corrected chi connectivity index (χ0v) is 11.5. The highest BCUT2D eigenvalue weighted by Gasteiger charge is 2.28. The van der Waals surface area contributed by atoms with E-state index in [9.17, 15) is 9.59 Å². The number of ketones is 1. The average molecular weight is 260 g/mol. The fourth-order valence-corrected chi connectivity index (χ4v) is 2.51. The highest BCUT2D eigenvalue weighted by atomic mass is 16.2. The van der Waals surface area contributed by atoms with Crippen LogP contribution in [0, 0.1) is 11.8 Å². The Labute approximate surface area is 113 Å². The van der Waals surface area contributed by atoms with Crippen LogP contribution in [-0.2, 0) is 4.79 Å². The summed E-state index contributed by atoms with van der Waals surface area (Å²) in [6, 6.07) is 3.54. The molecule has 1 aromatic rings. The molecule has 102 valence electrons. The van der Waals surface area contributed by atoms with Crippen molar-refractivity contribution >= 4 is 11.7 Å². The number of carbonyl (C=O) groups is 2. The molecule has 0 bridgehead atoms. The van der Waals surface area contributed by atoms with Crippen LogP contribution in [0.4, 0.5) is 0 Å². The quantitative estimate of drug-likeness (QED) is 0.836. The second-order valence-corrected chi connectivity index (χ2v) is 5.37.